The van der Waals surface area contributed by atoms with E-state index in [0.717, 1.165) is 5.56 Å². The van der Waals surface area contributed by atoms with Crippen molar-refractivity contribution >= 4 is 12.1 Å². The lowest BCUT2D eigenvalue weighted by Gasteiger charge is -1.94. The topological polar surface area (TPSA) is 83.3 Å². The predicted molar refractivity (Wildman–Crippen MR) is 77.8 cm³/mol. The summed E-state index contributed by atoms with van der Waals surface area (Å²) in [6, 6.07) is 14.6. The maximum absolute atomic E-state index is 11.9. The molecule has 0 aliphatic heterocycles. The molecule has 0 fully saturated rings. The molecule has 3 rings (SSSR count). The fraction of sp³-hybridized carbons (Fsp3) is 0. The largest absolute Gasteiger partial charge is 0.463 e. The van der Waals surface area contributed by atoms with Gasteiger partial charge in [0.25, 0.3) is 5.91 Å². The number of hydrazone groups is 1. The summed E-state index contributed by atoms with van der Waals surface area (Å²) in [5.41, 5.74) is 4.20. The summed E-state index contributed by atoms with van der Waals surface area (Å²) in [5, 5.41) is 10.6. The molecule has 0 bridgehead atoms. The molecule has 0 aliphatic rings. The van der Waals surface area contributed by atoms with Crippen molar-refractivity contribution in [2.24, 2.45) is 5.10 Å². The van der Waals surface area contributed by atoms with Crippen LogP contribution >= 0.6 is 0 Å². The molecule has 6 nitrogen and oxygen atoms in total. The maximum Gasteiger partial charge on any atom is 0.291 e. The molecule has 3 aromatic rings. The van der Waals surface area contributed by atoms with Gasteiger partial charge < -0.3 is 4.42 Å². The molecule has 0 saturated carbocycles. The first-order valence-electron chi connectivity index (χ1n) is 6.31. The van der Waals surface area contributed by atoms with Gasteiger partial charge >= 0.3 is 0 Å². The van der Waals surface area contributed by atoms with Crippen molar-refractivity contribution in [2.75, 3.05) is 0 Å². The molecule has 0 saturated heterocycles. The van der Waals surface area contributed by atoms with Gasteiger partial charge in [0.1, 0.15) is 5.69 Å². The van der Waals surface area contributed by atoms with Gasteiger partial charge in [-0.2, -0.15) is 10.2 Å². The van der Waals surface area contributed by atoms with Crippen LogP contribution in [0, 0.1) is 0 Å². The molecule has 0 aliphatic carbocycles. The molecule has 0 atom stereocenters. The minimum atomic E-state index is -0.392. The number of hydrogen-bond donors (Lipinski definition) is 2. The number of nitrogens with one attached hydrogen (secondary N) is 2. The number of amides is 1. The zero-order chi connectivity index (χ0) is 14.5. The lowest BCUT2D eigenvalue weighted by Crippen LogP contribution is -2.17. The first kappa shape index (κ1) is 12.9. The third kappa shape index (κ3) is 3.06. The summed E-state index contributed by atoms with van der Waals surface area (Å²) < 4.78 is 5.22. The first-order chi connectivity index (χ1) is 10.3. The smallest absolute Gasteiger partial charge is 0.291 e. The van der Waals surface area contributed by atoms with E-state index >= 15 is 0 Å². The number of benzene rings is 1. The Morgan fingerprint density at radius 2 is 2.10 bits per heavy atom. The van der Waals surface area contributed by atoms with Crippen LogP contribution in [0.2, 0.25) is 0 Å². The zero-order valence-electron chi connectivity index (χ0n) is 11.0. The Morgan fingerprint density at radius 1 is 1.24 bits per heavy atom. The Hall–Kier alpha value is -3.15. The van der Waals surface area contributed by atoms with Crippen molar-refractivity contribution in [3.05, 3.63) is 66.1 Å². The fourth-order valence-corrected chi connectivity index (χ4v) is 1.76. The summed E-state index contributed by atoms with van der Waals surface area (Å²) >= 11 is 0. The quantitative estimate of drug-likeness (QED) is 0.568. The van der Waals surface area contributed by atoms with Crippen LogP contribution in [0.4, 0.5) is 0 Å². The standard InChI is InChI=1S/C15H12N4O2/c20-15(19-16-10-11-5-2-1-3-6-11)13-9-12(17-18-13)14-7-4-8-21-14/h1-10H,(H,17,18)(H,19,20). The van der Waals surface area contributed by atoms with Crippen LogP contribution in [0.5, 0.6) is 0 Å². The number of H-pyrrole nitrogens is 1. The average Bonchev–Trinajstić information content (AvgIpc) is 3.19. The summed E-state index contributed by atoms with van der Waals surface area (Å²) in [6.07, 6.45) is 3.12. The number of nitrogens with zero attached hydrogens (tertiary/aromatic N) is 2. The van der Waals surface area contributed by atoms with Gasteiger partial charge in [-0.15, -0.1) is 0 Å². The van der Waals surface area contributed by atoms with Crippen LogP contribution in [0.15, 0.2) is 64.3 Å². The normalized spacial score (nSPS) is 10.9. The lowest BCUT2D eigenvalue weighted by atomic mass is 10.2. The van der Waals surface area contributed by atoms with Gasteiger partial charge in [-0.25, -0.2) is 5.43 Å². The number of furan rings is 1. The molecule has 21 heavy (non-hydrogen) atoms. The van der Waals surface area contributed by atoms with Crippen LogP contribution in [0.25, 0.3) is 11.5 Å². The van der Waals surface area contributed by atoms with Crippen molar-refractivity contribution in [2.45, 2.75) is 0 Å². The van der Waals surface area contributed by atoms with Crippen LogP contribution in [0.1, 0.15) is 16.1 Å². The van der Waals surface area contributed by atoms with E-state index in [1.165, 1.54) is 0 Å². The first-order valence-corrected chi connectivity index (χ1v) is 6.31. The molecule has 1 amide bonds. The molecule has 0 spiro atoms. The van der Waals surface area contributed by atoms with Gasteiger partial charge in [0, 0.05) is 6.07 Å². The highest BCUT2D eigenvalue weighted by atomic mass is 16.3. The summed E-state index contributed by atoms with van der Waals surface area (Å²) in [4.78, 5) is 11.9. The fourth-order valence-electron chi connectivity index (χ4n) is 1.76. The van der Waals surface area contributed by atoms with E-state index in [-0.39, 0.29) is 5.69 Å². The van der Waals surface area contributed by atoms with Crippen molar-refractivity contribution in [3.8, 4) is 11.5 Å². The van der Waals surface area contributed by atoms with Crippen molar-refractivity contribution in [1.29, 1.82) is 0 Å². The predicted octanol–water partition coefficient (Wildman–Crippen LogP) is 2.43. The van der Waals surface area contributed by atoms with Crippen molar-refractivity contribution in [3.63, 3.8) is 0 Å². The zero-order valence-corrected chi connectivity index (χ0v) is 11.0. The number of carbonyl (C=O) groups excluding carboxylic acids is 1. The van der Waals surface area contributed by atoms with E-state index in [2.05, 4.69) is 20.7 Å². The molecule has 104 valence electrons. The number of aromatic nitrogens is 2. The summed E-state index contributed by atoms with van der Waals surface area (Å²) in [5.74, 6) is 0.227. The Balaban J connectivity index is 1.65. The van der Waals surface area contributed by atoms with Crippen LogP contribution < -0.4 is 5.43 Å². The number of rotatable bonds is 4. The highest BCUT2D eigenvalue weighted by molar-refractivity contribution is 5.93. The Labute approximate surface area is 120 Å². The van der Waals surface area contributed by atoms with Gasteiger partial charge in [-0.1, -0.05) is 30.3 Å². The number of aromatic amines is 1. The van der Waals surface area contributed by atoms with E-state index < -0.39 is 5.91 Å². The SMILES string of the molecule is O=C(NN=Cc1ccccc1)c1cc(-c2ccco2)[nH]n1. The van der Waals surface area contributed by atoms with Crippen LogP contribution in [0.3, 0.4) is 0 Å². The second-order valence-corrected chi connectivity index (χ2v) is 4.25. The molecule has 0 unspecified atom stereocenters. The minimum Gasteiger partial charge on any atom is -0.463 e. The second-order valence-electron chi connectivity index (χ2n) is 4.25. The van der Waals surface area contributed by atoms with Crippen molar-refractivity contribution in [1.82, 2.24) is 15.6 Å². The van der Waals surface area contributed by atoms with E-state index in [4.69, 9.17) is 4.42 Å². The number of carbonyl (C=O) groups is 1. The second kappa shape index (κ2) is 5.87. The van der Waals surface area contributed by atoms with E-state index in [9.17, 15) is 4.79 Å². The molecule has 2 heterocycles. The Morgan fingerprint density at radius 3 is 2.86 bits per heavy atom. The highest BCUT2D eigenvalue weighted by Gasteiger charge is 2.11. The third-order valence-electron chi connectivity index (χ3n) is 2.78. The maximum atomic E-state index is 11.9. The molecule has 2 aromatic heterocycles. The van der Waals surface area contributed by atoms with Crippen LogP contribution in [-0.4, -0.2) is 22.3 Å². The van der Waals surface area contributed by atoms with Crippen molar-refractivity contribution < 1.29 is 9.21 Å². The van der Waals surface area contributed by atoms with E-state index in [1.807, 2.05) is 30.3 Å². The highest BCUT2D eigenvalue weighted by Crippen LogP contribution is 2.17. The van der Waals surface area contributed by atoms with E-state index in [1.54, 1.807) is 30.7 Å². The molecular weight excluding hydrogens is 268 g/mol. The summed E-state index contributed by atoms with van der Waals surface area (Å²) in [7, 11) is 0. The number of hydrogen-bond acceptors (Lipinski definition) is 4. The van der Waals surface area contributed by atoms with Gasteiger partial charge in [-0.05, 0) is 17.7 Å². The average molecular weight is 280 g/mol. The molecule has 0 radical (unpaired) electrons. The third-order valence-corrected chi connectivity index (χ3v) is 2.78. The molecule has 6 heteroatoms. The monoisotopic (exact) mass is 280 g/mol. The van der Waals surface area contributed by atoms with Gasteiger partial charge in [0.15, 0.2) is 11.5 Å². The van der Waals surface area contributed by atoms with Gasteiger partial charge in [-0.3, -0.25) is 9.89 Å². The van der Waals surface area contributed by atoms with Gasteiger partial charge in [0.05, 0.1) is 12.5 Å². The van der Waals surface area contributed by atoms with Crippen LogP contribution in [-0.2, 0) is 0 Å². The lowest BCUT2D eigenvalue weighted by molar-refractivity contribution is 0.0950. The minimum absolute atomic E-state index is 0.242. The Kier molecular flexibility index (Phi) is 3.60. The molecular formula is C15H12N4O2. The molecule has 1 aromatic carbocycles. The summed E-state index contributed by atoms with van der Waals surface area (Å²) in [6.45, 7) is 0. The van der Waals surface area contributed by atoms with E-state index in [0.29, 0.717) is 11.5 Å². The van der Waals surface area contributed by atoms with Gasteiger partial charge in [0.2, 0.25) is 0 Å². The molecule has 2 N–H and O–H groups in total. The Bertz CT molecular complexity index is 745.